The summed E-state index contributed by atoms with van der Waals surface area (Å²) in [4.78, 5) is -2.46. The molecule has 0 unspecified atom stereocenters. The van der Waals surface area contributed by atoms with Crippen molar-refractivity contribution in [3.05, 3.63) is 10.1 Å². The average Bonchev–Trinajstić information content (AvgIpc) is 2.57. The van der Waals surface area contributed by atoms with Crippen LogP contribution in [-0.4, -0.2) is 27.3 Å². The first-order valence-corrected chi connectivity index (χ1v) is 7.76. The SMILES string of the molecule is N#CCCOC[C@H]1C[C@]2(Cl)C(Cl)=C(Cl)[C@]1(Cl)C2(Cl)Cl. The Morgan fingerprint density at radius 2 is 1.84 bits per heavy atom. The highest BCUT2D eigenvalue weighted by molar-refractivity contribution is 6.65. The molecule has 0 aromatic heterocycles. The van der Waals surface area contributed by atoms with Gasteiger partial charge in [-0.25, -0.2) is 0 Å². The van der Waals surface area contributed by atoms with E-state index < -0.39 is 14.1 Å². The highest BCUT2D eigenvalue weighted by Crippen LogP contribution is 2.74. The van der Waals surface area contributed by atoms with Crippen LogP contribution >= 0.6 is 69.6 Å². The Morgan fingerprint density at radius 1 is 1.21 bits per heavy atom. The molecule has 2 aliphatic rings. The van der Waals surface area contributed by atoms with E-state index in [9.17, 15) is 0 Å². The summed E-state index contributed by atoms with van der Waals surface area (Å²) in [5.74, 6) is -0.268. The summed E-state index contributed by atoms with van der Waals surface area (Å²) in [5, 5.41) is 8.82. The molecule has 0 spiro atoms. The summed E-state index contributed by atoms with van der Waals surface area (Å²) in [6.45, 7) is 0.573. The first-order valence-electron chi connectivity index (χ1n) is 5.50. The first kappa shape index (κ1) is 16.3. The number of alkyl halides is 4. The molecule has 19 heavy (non-hydrogen) atoms. The largest absolute Gasteiger partial charge is 0.380 e. The van der Waals surface area contributed by atoms with Gasteiger partial charge in [-0.3, -0.25) is 0 Å². The minimum absolute atomic E-state index is 0.177. The molecule has 1 fully saturated rings. The van der Waals surface area contributed by atoms with Crippen LogP contribution in [0.25, 0.3) is 0 Å². The number of fused-ring (bicyclic) bond motifs is 2. The van der Waals surface area contributed by atoms with E-state index in [1.54, 1.807) is 0 Å². The van der Waals surface area contributed by atoms with Gasteiger partial charge < -0.3 is 4.74 Å². The average molecular weight is 384 g/mol. The summed E-state index contributed by atoms with van der Waals surface area (Å²) < 4.78 is 3.89. The molecule has 0 aliphatic heterocycles. The number of ether oxygens (including phenoxy) is 1. The van der Waals surface area contributed by atoms with Gasteiger partial charge in [-0.2, -0.15) is 5.26 Å². The molecular weight excluding hydrogens is 375 g/mol. The predicted octanol–water partition coefficient (Wildman–Crippen LogP) is 4.77. The maximum absolute atomic E-state index is 8.45. The van der Waals surface area contributed by atoms with Gasteiger partial charge in [-0.1, -0.05) is 46.4 Å². The Bertz CT molecular complexity index is 472. The second-order valence-electron chi connectivity index (χ2n) is 4.60. The first-order chi connectivity index (χ1) is 8.73. The summed E-state index contributed by atoms with van der Waals surface area (Å²) in [7, 11) is 0. The third kappa shape index (κ3) is 2.01. The van der Waals surface area contributed by atoms with Gasteiger partial charge in [0.15, 0.2) is 4.33 Å². The van der Waals surface area contributed by atoms with Crippen LogP contribution in [0.4, 0.5) is 0 Å². The molecule has 2 nitrogen and oxygen atoms in total. The summed E-state index contributed by atoms with van der Waals surface area (Å²) in [6, 6.07) is 1.98. The minimum Gasteiger partial charge on any atom is -0.380 e. The highest BCUT2D eigenvalue weighted by atomic mass is 35.5. The van der Waals surface area contributed by atoms with Crippen LogP contribution in [0.2, 0.25) is 0 Å². The fraction of sp³-hybridized carbons (Fsp3) is 0.727. The van der Waals surface area contributed by atoms with Gasteiger partial charge in [0, 0.05) is 5.92 Å². The lowest BCUT2D eigenvalue weighted by atomic mass is 9.93. The van der Waals surface area contributed by atoms with E-state index in [1.165, 1.54) is 0 Å². The third-order valence-electron chi connectivity index (χ3n) is 3.58. The van der Waals surface area contributed by atoms with Gasteiger partial charge >= 0.3 is 0 Å². The van der Waals surface area contributed by atoms with E-state index in [0.29, 0.717) is 19.4 Å². The van der Waals surface area contributed by atoms with Crippen LogP contribution in [0, 0.1) is 17.2 Å². The fourth-order valence-corrected chi connectivity index (χ4v) is 5.38. The van der Waals surface area contributed by atoms with Crippen molar-refractivity contribution in [2.75, 3.05) is 13.2 Å². The van der Waals surface area contributed by atoms with Crippen LogP contribution in [0.15, 0.2) is 10.1 Å². The van der Waals surface area contributed by atoms with E-state index in [1.807, 2.05) is 6.07 Å². The van der Waals surface area contributed by atoms with Crippen LogP contribution < -0.4 is 0 Å². The zero-order valence-corrected chi connectivity index (χ0v) is 14.1. The minimum atomic E-state index is -1.50. The standard InChI is InChI=1S/C11H9Cl6NO/c12-7-8(13)10(15)6(5-19-3-1-2-18)4-9(7,14)11(10,16)17/h6H,1,3-5H2/t6-,9+,10+/m1/s1. The Labute approximate surface area is 141 Å². The molecule has 0 saturated heterocycles. The molecule has 0 amide bonds. The number of rotatable bonds is 4. The lowest BCUT2D eigenvalue weighted by Gasteiger charge is -2.33. The lowest BCUT2D eigenvalue weighted by molar-refractivity contribution is 0.0979. The molecule has 0 radical (unpaired) electrons. The van der Waals surface area contributed by atoms with E-state index in [2.05, 4.69) is 0 Å². The molecular formula is C11H9Cl6NO. The van der Waals surface area contributed by atoms with Crippen molar-refractivity contribution in [1.29, 1.82) is 5.26 Å². The van der Waals surface area contributed by atoms with Crippen LogP contribution in [-0.2, 0) is 4.74 Å². The molecule has 2 aliphatic carbocycles. The molecule has 2 bridgehead atoms. The molecule has 2 rings (SSSR count). The Morgan fingerprint density at radius 3 is 2.32 bits per heavy atom. The van der Waals surface area contributed by atoms with Crippen LogP contribution in [0.3, 0.4) is 0 Å². The van der Waals surface area contributed by atoms with Gasteiger partial charge in [-0.05, 0) is 6.42 Å². The van der Waals surface area contributed by atoms with Crippen molar-refractivity contribution in [2.24, 2.45) is 5.92 Å². The second kappa shape index (κ2) is 5.29. The monoisotopic (exact) mass is 381 g/mol. The number of hydrogen-bond acceptors (Lipinski definition) is 2. The van der Waals surface area contributed by atoms with E-state index in [0.717, 1.165) is 0 Å². The molecule has 0 heterocycles. The molecule has 0 aromatic rings. The van der Waals surface area contributed by atoms with Crippen molar-refractivity contribution in [1.82, 2.24) is 0 Å². The second-order valence-corrected chi connectivity index (χ2v) is 7.92. The van der Waals surface area contributed by atoms with E-state index in [4.69, 9.17) is 79.6 Å². The molecule has 1 saturated carbocycles. The van der Waals surface area contributed by atoms with E-state index >= 15 is 0 Å². The third-order valence-corrected chi connectivity index (χ3v) is 7.91. The number of allylic oxidation sites excluding steroid dienone is 2. The fourth-order valence-electron chi connectivity index (χ4n) is 2.55. The Kier molecular flexibility index (Phi) is 4.54. The van der Waals surface area contributed by atoms with Crippen LogP contribution in [0.1, 0.15) is 12.8 Å². The highest BCUT2D eigenvalue weighted by Gasteiger charge is 2.78. The molecule has 106 valence electrons. The van der Waals surface area contributed by atoms with Gasteiger partial charge in [0.2, 0.25) is 0 Å². The van der Waals surface area contributed by atoms with Gasteiger partial charge in [0.1, 0.15) is 9.75 Å². The van der Waals surface area contributed by atoms with Crippen molar-refractivity contribution in [2.45, 2.75) is 26.9 Å². The van der Waals surface area contributed by atoms with Crippen molar-refractivity contribution in [3.63, 3.8) is 0 Å². The molecule has 3 atom stereocenters. The van der Waals surface area contributed by atoms with Gasteiger partial charge in [0.05, 0.1) is 35.8 Å². The zero-order valence-electron chi connectivity index (χ0n) is 9.53. The zero-order chi connectivity index (χ0) is 14.5. The number of halogens is 6. The maximum Gasteiger partial charge on any atom is 0.166 e. The van der Waals surface area contributed by atoms with E-state index in [-0.39, 0.29) is 22.6 Å². The summed E-state index contributed by atoms with van der Waals surface area (Å²) >= 11 is 37.9. The molecule has 0 aromatic carbocycles. The quantitative estimate of drug-likeness (QED) is 0.517. The lowest BCUT2D eigenvalue weighted by Crippen LogP contribution is -2.45. The van der Waals surface area contributed by atoms with Crippen LogP contribution in [0.5, 0.6) is 0 Å². The predicted molar refractivity (Wildman–Crippen MR) is 79.5 cm³/mol. The number of nitrogens with zero attached hydrogens (tertiary/aromatic N) is 1. The molecule has 8 heteroatoms. The van der Waals surface area contributed by atoms with Gasteiger partial charge in [-0.15, -0.1) is 23.2 Å². The normalized spacial score (nSPS) is 39.7. The Balaban J connectivity index is 2.22. The number of nitriles is 1. The summed E-state index contributed by atoms with van der Waals surface area (Å²) in [5.41, 5.74) is 0. The maximum atomic E-state index is 8.45. The topological polar surface area (TPSA) is 33.0 Å². The number of hydrogen-bond donors (Lipinski definition) is 0. The van der Waals surface area contributed by atoms with Gasteiger partial charge in [0.25, 0.3) is 0 Å². The van der Waals surface area contributed by atoms with Crippen molar-refractivity contribution in [3.8, 4) is 6.07 Å². The Hall–Kier alpha value is 0.930. The summed E-state index contributed by atoms with van der Waals surface area (Å²) in [6.07, 6.45) is 0.665. The molecule has 0 N–H and O–H groups in total. The smallest absolute Gasteiger partial charge is 0.166 e. The van der Waals surface area contributed by atoms with Crippen molar-refractivity contribution >= 4 is 69.6 Å². The van der Waals surface area contributed by atoms with Crippen molar-refractivity contribution < 1.29 is 4.74 Å².